The lowest BCUT2D eigenvalue weighted by atomic mass is 9.76. The second-order valence-electron chi connectivity index (χ2n) is 8.44. The fourth-order valence-electron chi connectivity index (χ4n) is 4.40. The van der Waals surface area contributed by atoms with Gasteiger partial charge in [-0.25, -0.2) is 0 Å². The summed E-state index contributed by atoms with van der Waals surface area (Å²) < 4.78 is 0. The van der Waals surface area contributed by atoms with Crippen molar-refractivity contribution in [2.75, 3.05) is 26.2 Å². The van der Waals surface area contributed by atoms with Crippen LogP contribution in [0, 0.1) is 0 Å². The van der Waals surface area contributed by atoms with Gasteiger partial charge in [-0.3, -0.25) is 9.59 Å². The molecule has 2 amide bonds. The molecule has 30 heavy (non-hydrogen) atoms. The molecule has 1 aromatic rings. The molecule has 3 N–H and O–H groups in total. The average molecular weight is 402 g/mol. The van der Waals surface area contributed by atoms with Gasteiger partial charge in [-0.1, -0.05) is 30.3 Å². The number of piperazine rings is 1. The van der Waals surface area contributed by atoms with E-state index < -0.39 is 5.54 Å². The highest BCUT2D eigenvalue weighted by Crippen LogP contribution is 2.31. The van der Waals surface area contributed by atoms with E-state index in [1.165, 1.54) is 5.56 Å². The summed E-state index contributed by atoms with van der Waals surface area (Å²) in [5.41, 5.74) is 10.5. The highest BCUT2D eigenvalue weighted by atomic mass is 16.2. The lowest BCUT2D eigenvalue weighted by Gasteiger charge is -2.43. The Morgan fingerprint density at radius 1 is 0.800 bits per heavy atom. The molecule has 0 spiro atoms. The zero-order chi connectivity index (χ0) is 20.7. The average Bonchev–Trinajstić information content (AvgIpc) is 3.24. The van der Waals surface area contributed by atoms with Crippen LogP contribution in [0.2, 0.25) is 0 Å². The van der Waals surface area contributed by atoms with Gasteiger partial charge in [0.2, 0.25) is 5.91 Å². The first-order valence-corrected chi connectivity index (χ1v) is 10.6. The summed E-state index contributed by atoms with van der Waals surface area (Å²) in [7, 11) is 0. The van der Waals surface area contributed by atoms with Crippen LogP contribution in [-0.4, -0.2) is 58.3 Å². The van der Waals surface area contributed by atoms with Crippen LogP contribution >= 0.6 is 0 Å². The van der Waals surface area contributed by atoms with Gasteiger partial charge in [0.15, 0.2) is 0 Å². The molecular formula is C24H26N4O2. The van der Waals surface area contributed by atoms with E-state index in [0.717, 1.165) is 36.2 Å². The van der Waals surface area contributed by atoms with Gasteiger partial charge < -0.3 is 20.5 Å². The van der Waals surface area contributed by atoms with E-state index in [1.54, 1.807) is 0 Å². The minimum atomic E-state index is -0.662. The van der Waals surface area contributed by atoms with Gasteiger partial charge in [0, 0.05) is 43.1 Å². The number of amides is 2. The number of carbonyl (C=O) groups is 2. The number of benzene rings is 1. The molecule has 0 radical (unpaired) electrons. The maximum atomic E-state index is 12.9. The van der Waals surface area contributed by atoms with Crippen molar-refractivity contribution in [2.45, 2.75) is 24.8 Å². The molecule has 0 bridgehead atoms. The number of aromatic nitrogens is 1. The topological polar surface area (TPSA) is 82.4 Å². The third-order valence-electron chi connectivity index (χ3n) is 6.52. The quantitative estimate of drug-likeness (QED) is 0.707. The first-order chi connectivity index (χ1) is 14.5. The van der Waals surface area contributed by atoms with Crippen LogP contribution in [0.3, 0.4) is 0 Å². The molecule has 6 heteroatoms. The minimum absolute atomic E-state index is 0.00946. The predicted octanol–water partition coefficient (Wildman–Crippen LogP) is 2.95. The molecule has 0 atom stereocenters. The van der Waals surface area contributed by atoms with Crippen molar-refractivity contribution in [2.24, 2.45) is 5.73 Å². The first-order valence-electron chi connectivity index (χ1n) is 10.6. The molecule has 2 heterocycles. The fraction of sp³-hybridized carbons (Fsp3) is 0.333. The summed E-state index contributed by atoms with van der Waals surface area (Å²) in [6.45, 7) is 2.19. The van der Waals surface area contributed by atoms with E-state index in [-0.39, 0.29) is 11.8 Å². The van der Waals surface area contributed by atoms with Crippen LogP contribution < -0.4 is 5.73 Å². The van der Waals surface area contributed by atoms with E-state index in [4.69, 9.17) is 5.73 Å². The SMILES string of the molecule is NC1(C(=O)N2CCN(C(=O)c3ccc(-c4ccc5cccc-5[nH]4)cc3)CC2)CCC1. The third kappa shape index (κ3) is 3.27. The highest BCUT2D eigenvalue weighted by Gasteiger charge is 2.43. The van der Waals surface area contributed by atoms with Crippen molar-refractivity contribution in [3.05, 3.63) is 60.2 Å². The van der Waals surface area contributed by atoms with Gasteiger partial charge in [0.1, 0.15) is 0 Å². The lowest BCUT2D eigenvalue weighted by molar-refractivity contribution is -0.141. The van der Waals surface area contributed by atoms with Crippen molar-refractivity contribution in [1.29, 1.82) is 0 Å². The van der Waals surface area contributed by atoms with Crippen molar-refractivity contribution in [3.63, 3.8) is 0 Å². The molecule has 0 aromatic heterocycles. The normalized spacial score (nSPS) is 18.3. The third-order valence-corrected chi connectivity index (χ3v) is 6.52. The Labute approximate surface area is 176 Å². The monoisotopic (exact) mass is 402 g/mol. The molecule has 2 aliphatic heterocycles. The molecule has 1 saturated carbocycles. The Morgan fingerprint density at radius 3 is 2.07 bits per heavy atom. The van der Waals surface area contributed by atoms with Crippen molar-refractivity contribution >= 4 is 11.8 Å². The van der Waals surface area contributed by atoms with E-state index in [9.17, 15) is 9.59 Å². The number of nitrogens with two attached hydrogens (primary N) is 1. The van der Waals surface area contributed by atoms with Crippen molar-refractivity contribution in [3.8, 4) is 22.5 Å². The Kier molecular flexibility index (Phi) is 4.59. The number of hydrogen-bond acceptors (Lipinski definition) is 3. The number of fused-ring (bicyclic) bond motifs is 1. The summed E-state index contributed by atoms with van der Waals surface area (Å²) in [4.78, 5) is 32.6. The van der Waals surface area contributed by atoms with Gasteiger partial charge in [-0.15, -0.1) is 0 Å². The highest BCUT2D eigenvalue weighted by molar-refractivity contribution is 5.95. The van der Waals surface area contributed by atoms with Crippen LogP contribution in [0.15, 0.2) is 54.6 Å². The summed E-state index contributed by atoms with van der Waals surface area (Å²) in [6, 6.07) is 18.0. The Hall–Kier alpha value is -3.12. The number of H-pyrrole nitrogens is 1. The molecule has 2 fully saturated rings. The van der Waals surface area contributed by atoms with Gasteiger partial charge in [0.05, 0.1) is 5.54 Å². The lowest BCUT2D eigenvalue weighted by Crippen LogP contribution is -2.62. The number of hydrogen-bond donors (Lipinski definition) is 2. The van der Waals surface area contributed by atoms with Gasteiger partial charge in [0.25, 0.3) is 5.91 Å². The minimum Gasteiger partial charge on any atom is -0.355 e. The van der Waals surface area contributed by atoms with E-state index >= 15 is 0 Å². The Bertz CT molecular complexity index is 1040. The summed E-state index contributed by atoms with van der Waals surface area (Å²) in [6.07, 6.45) is 2.57. The number of pyridine rings is 1. The van der Waals surface area contributed by atoms with E-state index in [1.807, 2.05) is 40.1 Å². The van der Waals surface area contributed by atoms with Crippen molar-refractivity contribution < 1.29 is 9.59 Å². The summed E-state index contributed by atoms with van der Waals surface area (Å²) in [5.74, 6) is 0.0541. The number of carbonyl (C=O) groups excluding carboxylic acids is 2. The number of aromatic amines is 1. The second-order valence-corrected chi connectivity index (χ2v) is 8.44. The number of nitrogens with one attached hydrogen (secondary N) is 1. The molecule has 0 unspecified atom stereocenters. The molecule has 4 aliphatic rings. The first kappa shape index (κ1) is 18.9. The van der Waals surface area contributed by atoms with E-state index in [2.05, 4.69) is 29.2 Å². The summed E-state index contributed by atoms with van der Waals surface area (Å²) >= 11 is 0. The van der Waals surface area contributed by atoms with Crippen LogP contribution in [0.25, 0.3) is 22.5 Å². The smallest absolute Gasteiger partial charge is 0.253 e. The molecular weight excluding hydrogens is 376 g/mol. The molecule has 2 aliphatic carbocycles. The van der Waals surface area contributed by atoms with Crippen molar-refractivity contribution in [1.82, 2.24) is 14.8 Å². The standard InChI is InChI=1S/C24H26N4O2/c25-24(11-2-12-24)23(30)28-15-13-27(14-16-28)22(29)19-7-5-18(6-8-19)21-10-9-17-3-1-4-20(17)26-21/h1,3-10,26H,2,11-16,25H2. The molecule has 1 saturated heterocycles. The molecule has 1 aromatic carbocycles. The van der Waals surface area contributed by atoms with Crippen LogP contribution in [0.1, 0.15) is 29.6 Å². The second kappa shape index (κ2) is 7.29. The molecule has 154 valence electrons. The van der Waals surface area contributed by atoms with Crippen LogP contribution in [0.5, 0.6) is 0 Å². The number of rotatable bonds is 3. The molecule has 5 rings (SSSR count). The predicted molar refractivity (Wildman–Crippen MR) is 116 cm³/mol. The summed E-state index contributed by atoms with van der Waals surface area (Å²) in [5, 5.41) is 0. The molecule has 6 nitrogen and oxygen atoms in total. The maximum absolute atomic E-state index is 12.9. The fourth-order valence-corrected chi connectivity index (χ4v) is 4.40. The zero-order valence-corrected chi connectivity index (χ0v) is 16.9. The Morgan fingerprint density at radius 2 is 1.40 bits per heavy atom. The number of nitrogens with zero attached hydrogens (tertiary/aromatic N) is 2. The largest absolute Gasteiger partial charge is 0.355 e. The van der Waals surface area contributed by atoms with Crippen LogP contribution in [0.4, 0.5) is 0 Å². The van der Waals surface area contributed by atoms with E-state index in [0.29, 0.717) is 31.7 Å². The zero-order valence-electron chi connectivity index (χ0n) is 16.9. The van der Waals surface area contributed by atoms with Gasteiger partial charge in [-0.05, 0) is 54.7 Å². The van der Waals surface area contributed by atoms with Gasteiger partial charge in [-0.2, -0.15) is 0 Å². The van der Waals surface area contributed by atoms with Crippen LogP contribution in [-0.2, 0) is 4.79 Å². The van der Waals surface area contributed by atoms with Gasteiger partial charge >= 0.3 is 0 Å². The Balaban J connectivity index is 1.24. The maximum Gasteiger partial charge on any atom is 0.253 e.